The first-order valence-corrected chi connectivity index (χ1v) is 4.06. The monoisotopic (exact) mass is 125 g/mol. The summed E-state index contributed by atoms with van der Waals surface area (Å²) in [6, 6.07) is 0. The topological polar surface area (TPSA) is 12.0 Å². The minimum absolute atomic E-state index is 0.659. The van der Waals surface area contributed by atoms with Gasteiger partial charge in [-0.05, 0) is 38.1 Å². The maximum Gasteiger partial charge on any atom is 0.0183 e. The number of nitrogens with one attached hydrogen (secondary N) is 1. The van der Waals surface area contributed by atoms with E-state index in [2.05, 4.69) is 12.2 Å². The molecule has 1 spiro atoms. The second-order valence-corrected chi connectivity index (χ2v) is 3.81. The number of piperidine rings is 1. The molecule has 0 aromatic carbocycles. The summed E-state index contributed by atoms with van der Waals surface area (Å²) >= 11 is 0. The van der Waals surface area contributed by atoms with Crippen molar-refractivity contribution in [2.45, 2.75) is 38.1 Å². The highest BCUT2D eigenvalue weighted by Crippen LogP contribution is 2.42. The van der Waals surface area contributed by atoms with Crippen LogP contribution in [0.3, 0.4) is 0 Å². The standard InChI is InChI=1S/C8H15N/c1-7-2-3-8(4-5-8)9-6-7/h7,9H,2-6H2,1H3/t7-/m0/s1. The van der Waals surface area contributed by atoms with Crippen LogP contribution in [0.25, 0.3) is 0 Å². The highest BCUT2D eigenvalue weighted by atomic mass is 15.0. The van der Waals surface area contributed by atoms with Crippen LogP contribution < -0.4 is 5.32 Å². The summed E-state index contributed by atoms with van der Waals surface area (Å²) in [5.74, 6) is 0.927. The molecule has 1 heteroatoms. The van der Waals surface area contributed by atoms with E-state index in [0.29, 0.717) is 5.54 Å². The first-order chi connectivity index (χ1) is 4.31. The summed E-state index contributed by atoms with van der Waals surface area (Å²) in [5.41, 5.74) is 0.659. The third-order valence-electron chi connectivity index (χ3n) is 2.79. The van der Waals surface area contributed by atoms with Gasteiger partial charge in [-0.15, -0.1) is 0 Å². The molecule has 1 aliphatic carbocycles. The fourth-order valence-electron chi connectivity index (χ4n) is 1.68. The molecule has 52 valence electrons. The van der Waals surface area contributed by atoms with E-state index in [1.807, 2.05) is 0 Å². The van der Waals surface area contributed by atoms with Gasteiger partial charge in [0.25, 0.3) is 0 Å². The lowest BCUT2D eigenvalue weighted by Gasteiger charge is -2.27. The molecule has 1 N–H and O–H groups in total. The van der Waals surface area contributed by atoms with Gasteiger partial charge in [0.15, 0.2) is 0 Å². The first-order valence-electron chi connectivity index (χ1n) is 4.06. The van der Waals surface area contributed by atoms with Crippen LogP contribution in [0.5, 0.6) is 0 Å². The minimum Gasteiger partial charge on any atom is -0.311 e. The third kappa shape index (κ3) is 0.983. The molecular formula is C8H15N. The van der Waals surface area contributed by atoms with E-state index in [9.17, 15) is 0 Å². The lowest BCUT2D eigenvalue weighted by atomic mass is 9.95. The Kier molecular flexibility index (Phi) is 1.10. The van der Waals surface area contributed by atoms with Gasteiger partial charge in [0.1, 0.15) is 0 Å². The molecule has 1 saturated heterocycles. The van der Waals surface area contributed by atoms with Crippen LogP contribution in [0.1, 0.15) is 32.6 Å². The average Bonchev–Trinajstić information content (AvgIpc) is 2.60. The highest BCUT2D eigenvalue weighted by Gasteiger charge is 2.43. The van der Waals surface area contributed by atoms with Gasteiger partial charge < -0.3 is 5.32 Å². The highest BCUT2D eigenvalue weighted by molar-refractivity contribution is 5.04. The number of hydrogen-bond acceptors (Lipinski definition) is 1. The molecule has 1 atom stereocenters. The van der Waals surface area contributed by atoms with Crippen molar-refractivity contribution < 1.29 is 0 Å². The maximum atomic E-state index is 3.62. The van der Waals surface area contributed by atoms with Gasteiger partial charge in [-0.25, -0.2) is 0 Å². The van der Waals surface area contributed by atoms with Crippen molar-refractivity contribution in [2.75, 3.05) is 6.54 Å². The normalized spacial score (nSPS) is 39.0. The zero-order valence-electron chi connectivity index (χ0n) is 6.11. The van der Waals surface area contributed by atoms with Crippen LogP contribution in [0, 0.1) is 5.92 Å². The summed E-state index contributed by atoms with van der Waals surface area (Å²) in [5, 5.41) is 3.62. The molecule has 2 fully saturated rings. The van der Waals surface area contributed by atoms with Crippen LogP contribution in [0.2, 0.25) is 0 Å². The van der Waals surface area contributed by atoms with Gasteiger partial charge >= 0.3 is 0 Å². The summed E-state index contributed by atoms with van der Waals surface area (Å²) in [4.78, 5) is 0. The molecular weight excluding hydrogens is 110 g/mol. The zero-order valence-corrected chi connectivity index (χ0v) is 6.11. The van der Waals surface area contributed by atoms with Crippen molar-refractivity contribution in [1.29, 1.82) is 0 Å². The molecule has 2 aliphatic rings. The predicted molar refractivity (Wildman–Crippen MR) is 38.4 cm³/mol. The Morgan fingerprint density at radius 2 is 2.11 bits per heavy atom. The molecule has 2 rings (SSSR count). The van der Waals surface area contributed by atoms with Crippen LogP contribution in [0.15, 0.2) is 0 Å². The Hall–Kier alpha value is -0.0400. The maximum absolute atomic E-state index is 3.62. The van der Waals surface area contributed by atoms with Crippen molar-refractivity contribution in [3.8, 4) is 0 Å². The van der Waals surface area contributed by atoms with Crippen molar-refractivity contribution in [1.82, 2.24) is 5.32 Å². The molecule has 0 radical (unpaired) electrons. The lowest BCUT2D eigenvalue weighted by molar-refractivity contribution is 0.313. The molecule has 9 heavy (non-hydrogen) atoms. The lowest BCUT2D eigenvalue weighted by Crippen LogP contribution is -2.39. The quantitative estimate of drug-likeness (QED) is 0.518. The number of hydrogen-bond donors (Lipinski definition) is 1. The number of rotatable bonds is 0. The van der Waals surface area contributed by atoms with Crippen molar-refractivity contribution in [3.05, 3.63) is 0 Å². The van der Waals surface area contributed by atoms with Gasteiger partial charge in [-0.3, -0.25) is 0 Å². The Labute approximate surface area is 56.8 Å². The van der Waals surface area contributed by atoms with E-state index < -0.39 is 0 Å². The van der Waals surface area contributed by atoms with E-state index in [0.717, 1.165) is 5.92 Å². The molecule has 0 aromatic heterocycles. The van der Waals surface area contributed by atoms with Gasteiger partial charge in [-0.1, -0.05) is 6.92 Å². The Bertz CT molecular complexity index is 106. The predicted octanol–water partition coefficient (Wildman–Crippen LogP) is 1.54. The molecule has 0 aromatic rings. The van der Waals surface area contributed by atoms with Crippen LogP contribution in [-0.2, 0) is 0 Å². The van der Waals surface area contributed by atoms with Gasteiger partial charge in [0.2, 0.25) is 0 Å². The van der Waals surface area contributed by atoms with E-state index in [1.54, 1.807) is 0 Å². The summed E-state index contributed by atoms with van der Waals surface area (Å²) < 4.78 is 0. The summed E-state index contributed by atoms with van der Waals surface area (Å²) in [6.45, 7) is 3.60. The first kappa shape index (κ1) is 5.72. The smallest absolute Gasteiger partial charge is 0.0183 e. The van der Waals surface area contributed by atoms with Gasteiger partial charge in [0.05, 0.1) is 0 Å². The second kappa shape index (κ2) is 1.72. The minimum atomic E-state index is 0.659. The molecule has 0 bridgehead atoms. The van der Waals surface area contributed by atoms with Gasteiger partial charge in [0, 0.05) is 5.54 Å². The zero-order chi connectivity index (χ0) is 6.32. The molecule has 1 aliphatic heterocycles. The van der Waals surface area contributed by atoms with Crippen LogP contribution in [-0.4, -0.2) is 12.1 Å². The molecule has 1 nitrogen and oxygen atoms in total. The Morgan fingerprint density at radius 1 is 1.33 bits per heavy atom. The van der Waals surface area contributed by atoms with Crippen LogP contribution in [0.4, 0.5) is 0 Å². The van der Waals surface area contributed by atoms with Crippen molar-refractivity contribution in [3.63, 3.8) is 0 Å². The van der Waals surface area contributed by atoms with E-state index in [-0.39, 0.29) is 0 Å². The fraction of sp³-hybridized carbons (Fsp3) is 1.00. The van der Waals surface area contributed by atoms with E-state index in [4.69, 9.17) is 0 Å². The fourth-order valence-corrected chi connectivity index (χ4v) is 1.68. The summed E-state index contributed by atoms with van der Waals surface area (Å²) in [6.07, 6.45) is 5.78. The molecule has 1 heterocycles. The third-order valence-corrected chi connectivity index (χ3v) is 2.79. The van der Waals surface area contributed by atoms with Crippen molar-refractivity contribution in [2.24, 2.45) is 5.92 Å². The summed E-state index contributed by atoms with van der Waals surface area (Å²) in [7, 11) is 0. The molecule has 0 amide bonds. The van der Waals surface area contributed by atoms with E-state index >= 15 is 0 Å². The average molecular weight is 125 g/mol. The van der Waals surface area contributed by atoms with Gasteiger partial charge in [-0.2, -0.15) is 0 Å². The molecule has 1 saturated carbocycles. The molecule has 0 unspecified atom stereocenters. The Balaban J connectivity index is 1.91. The SMILES string of the molecule is C[C@H]1CCC2(CC2)NC1. The Morgan fingerprint density at radius 3 is 2.56 bits per heavy atom. The largest absolute Gasteiger partial charge is 0.311 e. The van der Waals surface area contributed by atoms with Crippen LogP contribution >= 0.6 is 0 Å². The second-order valence-electron chi connectivity index (χ2n) is 3.81. The van der Waals surface area contributed by atoms with Crippen molar-refractivity contribution >= 4 is 0 Å². The van der Waals surface area contributed by atoms with E-state index in [1.165, 1.54) is 32.2 Å².